The Morgan fingerprint density at radius 3 is 2.81 bits per heavy atom. The molecule has 0 aliphatic rings. The van der Waals surface area contributed by atoms with Gasteiger partial charge in [-0.15, -0.1) is 0 Å². The van der Waals surface area contributed by atoms with E-state index in [2.05, 4.69) is 9.97 Å². The average molecular weight is 385 g/mol. The highest BCUT2D eigenvalue weighted by molar-refractivity contribution is 7.98. The Morgan fingerprint density at radius 1 is 1.26 bits per heavy atom. The second-order valence-electron chi connectivity index (χ2n) is 5.47. The molecule has 0 atom stereocenters. The smallest absolute Gasteiger partial charge is 0.270 e. The normalized spacial score (nSPS) is 10.4. The molecule has 8 heteroatoms. The van der Waals surface area contributed by atoms with E-state index in [9.17, 15) is 18.8 Å². The predicted molar refractivity (Wildman–Crippen MR) is 97.5 cm³/mol. The largest absolute Gasteiger partial charge is 0.486 e. The Bertz CT molecular complexity index is 1090. The number of nitrogens with one attached hydrogen (secondary N) is 1. The van der Waals surface area contributed by atoms with Crippen LogP contribution in [-0.2, 0) is 6.61 Å². The van der Waals surface area contributed by atoms with E-state index < -0.39 is 17.2 Å². The standard InChI is InChI=1S/C19H13F2N3O2S/c1-27-19-23-17(14(9-22)18(25)24-19)12-4-2-3-11(7-12)10-26-16-8-13(20)5-6-15(16)21/h2-8H,10H2,1H3,(H,23,24,25). The summed E-state index contributed by atoms with van der Waals surface area (Å²) in [6.45, 7) is -0.0192. The highest BCUT2D eigenvalue weighted by Crippen LogP contribution is 2.24. The summed E-state index contributed by atoms with van der Waals surface area (Å²) in [4.78, 5) is 18.9. The molecule has 0 saturated heterocycles. The number of rotatable bonds is 5. The van der Waals surface area contributed by atoms with Crippen LogP contribution in [0.25, 0.3) is 11.3 Å². The number of aromatic nitrogens is 2. The summed E-state index contributed by atoms with van der Waals surface area (Å²) in [6.07, 6.45) is 1.76. The van der Waals surface area contributed by atoms with Crippen molar-refractivity contribution in [2.24, 2.45) is 0 Å². The third-order valence-electron chi connectivity index (χ3n) is 3.69. The molecular weight excluding hydrogens is 372 g/mol. The van der Waals surface area contributed by atoms with E-state index in [0.29, 0.717) is 16.3 Å². The lowest BCUT2D eigenvalue weighted by atomic mass is 10.1. The molecule has 0 radical (unpaired) electrons. The van der Waals surface area contributed by atoms with Crippen molar-refractivity contribution in [3.05, 3.63) is 75.6 Å². The van der Waals surface area contributed by atoms with E-state index in [1.165, 1.54) is 11.8 Å². The summed E-state index contributed by atoms with van der Waals surface area (Å²) in [5, 5.41) is 9.67. The van der Waals surface area contributed by atoms with Crippen LogP contribution in [0.5, 0.6) is 5.75 Å². The van der Waals surface area contributed by atoms with Crippen molar-refractivity contribution in [1.29, 1.82) is 5.26 Å². The van der Waals surface area contributed by atoms with Gasteiger partial charge in [-0.25, -0.2) is 13.8 Å². The van der Waals surface area contributed by atoms with Gasteiger partial charge in [0, 0.05) is 11.6 Å². The fourth-order valence-corrected chi connectivity index (χ4v) is 2.80. The number of hydrogen-bond donors (Lipinski definition) is 1. The lowest BCUT2D eigenvalue weighted by Crippen LogP contribution is -2.14. The van der Waals surface area contributed by atoms with Gasteiger partial charge < -0.3 is 9.72 Å². The first-order chi connectivity index (χ1) is 13.0. The molecule has 0 amide bonds. The molecule has 136 valence electrons. The summed E-state index contributed by atoms with van der Waals surface area (Å²) in [5.74, 6) is -1.46. The Morgan fingerprint density at radius 2 is 2.07 bits per heavy atom. The van der Waals surface area contributed by atoms with E-state index >= 15 is 0 Å². The van der Waals surface area contributed by atoms with Gasteiger partial charge in [0.2, 0.25) is 0 Å². The maximum atomic E-state index is 13.7. The van der Waals surface area contributed by atoms with Gasteiger partial charge in [0.15, 0.2) is 16.7 Å². The van der Waals surface area contributed by atoms with E-state index in [-0.39, 0.29) is 23.6 Å². The summed E-state index contributed by atoms with van der Waals surface area (Å²) in [7, 11) is 0. The molecule has 1 N–H and O–H groups in total. The van der Waals surface area contributed by atoms with Crippen molar-refractivity contribution in [3.8, 4) is 23.1 Å². The number of halogens is 2. The van der Waals surface area contributed by atoms with Crippen LogP contribution in [0.3, 0.4) is 0 Å². The molecule has 0 fully saturated rings. The molecule has 3 rings (SSSR count). The molecule has 0 saturated carbocycles. The summed E-state index contributed by atoms with van der Waals surface area (Å²) >= 11 is 1.25. The molecule has 0 spiro atoms. The lowest BCUT2D eigenvalue weighted by molar-refractivity contribution is 0.288. The maximum absolute atomic E-state index is 13.7. The number of nitriles is 1. The molecule has 0 unspecified atom stereocenters. The molecular formula is C19H13F2N3O2S. The van der Waals surface area contributed by atoms with Crippen LogP contribution in [0, 0.1) is 23.0 Å². The Labute approximate surface area is 157 Å². The summed E-state index contributed by atoms with van der Waals surface area (Å²) in [6, 6.07) is 11.7. The minimum absolute atomic E-state index is 0.0192. The minimum atomic E-state index is -0.666. The molecule has 0 bridgehead atoms. The Balaban J connectivity index is 1.93. The first-order valence-corrected chi connectivity index (χ1v) is 9.00. The number of benzene rings is 2. The van der Waals surface area contributed by atoms with Crippen LogP contribution < -0.4 is 10.3 Å². The number of thioether (sulfide) groups is 1. The van der Waals surface area contributed by atoms with Gasteiger partial charge >= 0.3 is 0 Å². The molecule has 1 aromatic heterocycles. The van der Waals surface area contributed by atoms with Gasteiger partial charge in [-0.05, 0) is 30.0 Å². The molecule has 2 aromatic carbocycles. The van der Waals surface area contributed by atoms with E-state index in [1.54, 1.807) is 30.5 Å². The van der Waals surface area contributed by atoms with Crippen molar-refractivity contribution >= 4 is 11.8 Å². The zero-order chi connectivity index (χ0) is 19.4. The van der Waals surface area contributed by atoms with E-state index in [0.717, 1.165) is 18.2 Å². The third-order valence-corrected chi connectivity index (χ3v) is 4.27. The molecule has 3 aromatic rings. The molecule has 27 heavy (non-hydrogen) atoms. The van der Waals surface area contributed by atoms with Crippen LogP contribution in [0.4, 0.5) is 8.78 Å². The van der Waals surface area contributed by atoms with Crippen LogP contribution in [0.15, 0.2) is 52.4 Å². The van der Waals surface area contributed by atoms with Crippen LogP contribution in [0.1, 0.15) is 11.1 Å². The van der Waals surface area contributed by atoms with Crippen LogP contribution in [-0.4, -0.2) is 16.2 Å². The Hall–Kier alpha value is -3.18. The predicted octanol–water partition coefficient (Wildman–Crippen LogP) is 3.89. The highest BCUT2D eigenvalue weighted by Gasteiger charge is 2.14. The molecule has 0 aliphatic carbocycles. The second-order valence-corrected chi connectivity index (χ2v) is 6.27. The topological polar surface area (TPSA) is 78.8 Å². The Kier molecular flexibility index (Phi) is 5.52. The average Bonchev–Trinajstić information content (AvgIpc) is 2.68. The fourth-order valence-electron chi connectivity index (χ4n) is 2.42. The van der Waals surface area contributed by atoms with Gasteiger partial charge in [-0.3, -0.25) is 4.79 Å². The number of ether oxygens (including phenoxy) is 1. The van der Waals surface area contributed by atoms with Crippen molar-refractivity contribution in [2.45, 2.75) is 11.8 Å². The fraction of sp³-hybridized carbons (Fsp3) is 0.105. The number of aromatic amines is 1. The molecule has 5 nitrogen and oxygen atoms in total. The quantitative estimate of drug-likeness (QED) is 0.533. The number of hydrogen-bond acceptors (Lipinski definition) is 5. The van der Waals surface area contributed by atoms with Crippen molar-refractivity contribution in [2.75, 3.05) is 6.26 Å². The summed E-state index contributed by atoms with van der Waals surface area (Å²) < 4.78 is 32.2. The van der Waals surface area contributed by atoms with Crippen LogP contribution >= 0.6 is 11.8 Å². The zero-order valence-corrected chi connectivity index (χ0v) is 14.9. The lowest BCUT2D eigenvalue weighted by Gasteiger charge is -2.10. The minimum Gasteiger partial charge on any atom is -0.486 e. The van der Waals surface area contributed by atoms with Crippen molar-refractivity contribution in [3.63, 3.8) is 0 Å². The number of nitrogens with zero attached hydrogens (tertiary/aromatic N) is 2. The SMILES string of the molecule is CSc1nc(-c2cccc(COc3cc(F)ccc3F)c2)c(C#N)c(=O)[nH]1. The van der Waals surface area contributed by atoms with Crippen molar-refractivity contribution in [1.82, 2.24) is 9.97 Å². The van der Waals surface area contributed by atoms with Crippen LogP contribution in [0.2, 0.25) is 0 Å². The van der Waals surface area contributed by atoms with Gasteiger partial charge in [0.05, 0.1) is 5.69 Å². The van der Waals surface area contributed by atoms with Crippen molar-refractivity contribution < 1.29 is 13.5 Å². The van der Waals surface area contributed by atoms with E-state index in [4.69, 9.17) is 4.74 Å². The third kappa shape index (κ3) is 4.15. The van der Waals surface area contributed by atoms with Gasteiger partial charge in [-0.1, -0.05) is 30.0 Å². The van der Waals surface area contributed by atoms with Gasteiger partial charge in [0.25, 0.3) is 5.56 Å². The molecule has 1 heterocycles. The van der Waals surface area contributed by atoms with E-state index in [1.807, 2.05) is 6.07 Å². The highest BCUT2D eigenvalue weighted by atomic mass is 32.2. The molecule has 0 aliphatic heterocycles. The monoisotopic (exact) mass is 385 g/mol. The second kappa shape index (κ2) is 8.01. The van der Waals surface area contributed by atoms with Gasteiger partial charge in [-0.2, -0.15) is 5.26 Å². The number of H-pyrrole nitrogens is 1. The van der Waals surface area contributed by atoms with Gasteiger partial charge in [0.1, 0.15) is 24.1 Å². The first-order valence-electron chi connectivity index (χ1n) is 7.77. The zero-order valence-electron chi connectivity index (χ0n) is 14.1. The maximum Gasteiger partial charge on any atom is 0.270 e. The summed E-state index contributed by atoms with van der Waals surface area (Å²) in [5.41, 5.74) is 0.836. The first kappa shape index (κ1) is 18.6.